The van der Waals surface area contributed by atoms with E-state index in [0.717, 1.165) is 6.54 Å². The van der Waals surface area contributed by atoms with Gasteiger partial charge in [-0.15, -0.1) is 0 Å². The average Bonchev–Trinajstić information content (AvgIpc) is 2.13. The van der Waals surface area contributed by atoms with Crippen molar-refractivity contribution in [2.45, 2.75) is 25.8 Å². The molecule has 14 heavy (non-hydrogen) atoms. The van der Waals surface area contributed by atoms with Crippen LogP contribution in [0.1, 0.15) is 29.6 Å². The second kappa shape index (κ2) is 3.78. The lowest BCUT2D eigenvalue weighted by molar-refractivity contribution is 0.112. The van der Waals surface area contributed by atoms with Crippen LogP contribution in [0.3, 0.4) is 0 Å². The maximum atomic E-state index is 11.6. The summed E-state index contributed by atoms with van der Waals surface area (Å²) in [5, 5.41) is 0. The predicted octanol–water partition coefficient (Wildman–Crippen LogP) is 1.46. The van der Waals surface area contributed by atoms with Crippen molar-refractivity contribution < 1.29 is 4.79 Å². The van der Waals surface area contributed by atoms with Crippen molar-refractivity contribution >= 4 is 6.29 Å². The Kier molecular flexibility index (Phi) is 2.48. The fourth-order valence-corrected chi connectivity index (χ4v) is 1.74. The normalized spacial score (nSPS) is 16.3. The highest BCUT2D eigenvalue weighted by Gasteiger charge is 2.18. The van der Waals surface area contributed by atoms with Gasteiger partial charge in [-0.25, -0.2) is 0 Å². The summed E-state index contributed by atoms with van der Waals surface area (Å²) in [6, 6.07) is 3.32. The van der Waals surface area contributed by atoms with Crippen molar-refractivity contribution in [3.05, 3.63) is 34.2 Å². The van der Waals surface area contributed by atoms with Gasteiger partial charge in [0.1, 0.15) is 0 Å². The topological polar surface area (TPSA) is 39.1 Å². The van der Waals surface area contributed by atoms with Crippen LogP contribution in [0.5, 0.6) is 0 Å². The zero-order valence-electron chi connectivity index (χ0n) is 7.98. The number of hydrogen-bond acceptors (Lipinski definition) is 2. The number of aldehydes is 1. The Bertz CT molecular complexity index is 391. The zero-order valence-corrected chi connectivity index (χ0v) is 7.98. The van der Waals surface area contributed by atoms with E-state index in [-0.39, 0.29) is 11.1 Å². The first-order valence-corrected chi connectivity index (χ1v) is 4.96. The van der Waals surface area contributed by atoms with Crippen molar-refractivity contribution in [1.29, 1.82) is 0 Å². The molecule has 1 fully saturated rings. The smallest absolute Gasteiger partial charge is 0.261 e. The number of rotatable bonds is 3. The SMILES string of the molecule is O=Cc1cccn(CC2CCC2)c1=O. The first-order chi connectivity index (χ1) is 6.81. The summed E-state index contributed by atoms with van der Waals surface area (Å²) in [5.41, 5.74) is 0.0984. The van der Waals surface area contributed by atoms with Crippen LogP contribution in [0, 0.1) is 5.92 Å². The van der Waals surface area contributed by atoms with Gasteiger partial charge in [-0.3, -0.25) is 9.59 Å². The van der Waals surface area contributed by atoms with Gasteiger partial charge < -0.3 is 4.57 Å². The van der Waals surface area contributed by atoms with Gasteiger partial charge in [0.2, 0.25) is 0 Å². The maximum absolute atomic E-state index is 11.6. The molecule has 0 aromatic carbocycles. The van der Waals surface area contributed by atoms with E-state index in [2.05, 4.69) is 0 Å². The van der Waals surface area contributed by atoms with Crippen LogP contribution in [-0.2, 0) is 6.54 Å². The molecule has 1 heterocycles. The number of carbonyl (C=O) groups is 1. The third-order valence-electron chi connectivity index (χ3n) is 2.86. The van der Waals surface area contributed by atoms with Crippen LogP contribution in [0.15, 0.2) is 23.1 Å². The van der Waals surface area contributed by atoms with Crippen molar-refractivity contribution in [1.82, 2.24) is 4.57 Å². The fraction of sp³-hybridized carbons (Fsp3) is 0.455. The summed E-state index contributed by atoms with van der Waals surface area (Å²) in [4.78, 5) is 22.1. The lowest BCUT2D eigenvalue weighted by Crippen LogP contribution is -2.28. The summed E-state index contributed by atoms with van der Waals surface area (Å²) >= 11 is 0. The summed E-state index contributed by atoms with van der Waals surface area (Å²) in [5.74, 6) is 0.634. The van der Waals surface area contributed by atoms with Gasteiger partial charge in [-0.1, -0.05) is 6.42 Å². The third-order valence-corrected chi connectivity index (χ3v) is 2.86. The molecule has 0 N–H and O–H groups in total. The van der Waals surface area contributed by atoms with Gasteiger partial charge in [-0.2, -0.15) is 0 Å². The van der Waals surface area contributed by atoms with Gasteiger partial charge in [0.05, 0.1) is 5.56 Å². The molecule has 1 saturated carbocycles. The Balaban J connectivity index is 2.23. The summed E-state index contributed by atoms with van der Waals surface area (Å²) < 4.78 is 1.65. The highest BCUT2D eigenvalue weighted by atomic mass is 16.1. The molecule has 3 nitrogen and oxygen atoms in total. The number of nitrogens with zero attached hydrogens (tertiary/aromatic N) is 1. The molecule has 2 rings (SSSR count). The van der Waals surface area contributed by atoms with E-state index in [1.165, 1.54) is 19.3 Å². The first-order valence-electron chi connectivity index (χ1n) is 4.96. The number of pyridine rings is 1. The summed E-state index contributed by atoms with van der Waals surface area (Å²) in [6.07, 6.45) is 6.07. The van der Waals surface area contributed by atoms with Crippen molar-refractivity contribution in [2.24, 2.45) is 5.92 Å². The molecular formula is C11H13NO2. The minimum atomic E-state index is -0.158. The fourth-order valence-electron chi connectivity index (χ4n) is 1.74. The molecule has 1 aliphatic rings. The zero-order chi connectivity index (χ0) is 9.97. The summed E-state index contributed by atoms with van der Waals surface area (Å²) in [7, 11) is 0. The Morgan fingerprint density at radius 1 is 1.50 bits per heavy atom. The van der Waals surface area contributed by atoms with E-state index >= 15 is 0 Å². The van der Waals surface area contributed by atoms with Crippen LogP contribution in [0.4, 0.5) is 0 Å². The van der Waals surface area contributed by atoms with E-state index in [9.17, 15) is 9.59 Å². The number of aromatic nitrogens is 1. The molecule has 0 atom stereocenters. The molecule has 0 unspecified atom stereocenters. The van der Waals surface area contributed by atoms with Crippen LogP contribution in [0.25, 0.3) is 0 Å². The van der Waals surface area contributed by atoms with Crippen LogP contribution in [-0.4, -0.2) is 10.9 Å². The molecule has 1 aliphatic carbocycles. The van der Waals surface area contributed by atoms with Gasteiger partial charge >= 0.3 is 0 Å². The number of hydrogen-bond donors (Lipinski definition) is 0. The van der Waals surface area contributed by atoms with E-state index < -0.39 is 0 Å². The molecule has 1 aromatic heterocycles. The van der Waals surface area contributed by atoms with Gasteiger partial charge in [0, 0.05) is 12.7 Å². The molecule has 0 aliphatic heterocycles. The van der Waals surface area contributed by atoms with E-state index in [4.69, 9.17) is 0 Å². The maximum Gasteiger partial charge on any atom is 0.261 e. The minimum absolute atomic E-state index is 0.158. The van der Waals surface area contributed by atoms with Gasteiger partial charge in [0.25, 0.3) is 5.56 Å². The largest absolute Gasteiger partial charge is 0.315 e. The Labute approximate surface area is 82.4 Å². The first kappa shape index (κ1) is 9.19. The van der Waals surface area contributed by atoms with Crippen molar-refractivity contribution in [2.75, 3.05) is 0 Å². The van der Waals surface area contributed by atoms with Crippen LogP contribution >= 0.6 is 0 Å². The second-order valence-electron chi connectivity index (χ2n) is 3.84. The monoisotopic (exact) mass is 191 g/mol. The van der Waals surface area contributed by atoms with Crippen LogP contribution in [0.2, 0.25) is 0 Å². The highest BCUT2D eigenvalue weighted by molar-refractivity contribution is 5.73. The predicted molar refractivity (Wildman–Crippen MR) is 53.4 cm³/mol. The van der Waals surface area contributed by atoms with Crippen molar-refractivity contribution in [3.63, 3.8) is 0 Å². The molecular weight excluding hydrogens is 178 g/mol. The van der Waals surface area contributed by atoms with Gasteiger partial charge in [0.15, 0.2) is 6.29 Å². The lowest BCUT2D eigenvalue weighted by Gasteiger charge is -2.25. The van der Waals surface area contributed by atoms with Crippen molar-refractivity contribution in [3.8, 4) is 0 Å². The average molecular weight is 191 g/mol. The Morgan fingerprint density at radius 2 is 2.29 bits per heavy atom. The molecule has 0 radical (unpaired) electrons. The molecule has 0 saturated heterocycles. The molecule has 0 spiro atoms. The highest BCUT2D eigenvalue weighted by Crippen LogP contribution is 2.27. The van der Waals surface area contributed by atoms with E-state index in [1.807, 2.05) is 0 Å². The van der Waals surface area contributed by atoms with Gasteiger partial charge in [-0.05, 0) is 30.9 Å². The molecule has 74 valence electrons. The quantitative estimate of drug-likeness (QED) is 0.678. The summed E-state index contributed by atoms with van der Waals surface area (Å²) in [6.45, 7) is 0.764. The van der Waals surface area contributed by atoms with Crippen LogP contribution < -0.4 is 5.56 Å². The van der Waals surface area contributed by atoms with E-state index in [0.29, 0.717) is 12.2 Å². The Hall–Kier alpha value is -1.38. The van der Waals surface area contributed by atoms with E-state index in [1.54, 1.807) is 22.9 Å². The second-order valence-corrected chi connectivity index (χ2v) is 3.84. The molecule has 3 heteroatoms. The third kappa shape index (κ3) is 1.62. The molecule has 0 bridgehead atoms. The standard InChI is InChI=1S/C11H13NO2/c13-8-10-5-2-6-12(11(10)14)7-9-3-1-4-9/h2,5-6,8-9H,1,3-4,7H2. The lowest BCUT2D eigenvalue weighted by atomic mass is 9.85. The number of carbonyl (C=O) groups excluding carboxylic acids is 1. The molecule has 1 aromatic rings. The minimum Gasteiger partial charge on any atom is -0.315 e. The molecule has 0 amide bonds. The Morgan fingerprint density at radius 3 is 2.86 bits per heavy atom.